The summed E-state index contributed by atoms with van der Waals surface area (Å²) in [7, 11) is 0. The first kappa shape index (κ1) is 20.7. The van der Waals surface area contributed by atoms with Crippen LogP contribution in [0.5, 0.6) is 0 Å². The molecule has 2 bridgehead atoms. The molecule has 1 aliphatic heterocycles. The molecule has 29 heavy (non-hydrogen) atoms. The molecule has 4 rings (SSSR count). The topological polar surface area (TPSA) is 41.6 Å². The highest BCUT2D eigenvalue weighted by molar-refractivity contribution is 5.74. The van der Waals surface area contributed by atoms with Crippen molar-refractivity contribution < 1.29 is 22.7 Å². The molecule has 1 N–H and O–H groups in total. The third-order valence-corrected chi connectivity index (χ3v) is 6.83. The van der Waals surface area contributed by atoms with Crippen LogP contribution in [0.3, 0.4) is 0 Å². The average molecular weight is 410 g/mol. The summed E-state index contributed by atoms with van der Waals surface area (Å²) in [4.78, 5) is 14.4. The maximum Gasteiger partial charge on any atom is 0.401 e. The molecule has 1 aromatic rings. The number of carbonyl (C=O) groups excluding carboxylic acids is 1. The molecule has 3 aliphatic rings. The highest BCUT2D eigenvalue weighted by atomic mass is 19.4. The number of likely N-dealkylation sites (tertiary alicyclic amines) is 1. The number of hydrogen-bond donors (Lipinski definition) is 1. The number of halogens is 3. The Morgan fingerprint density at radius 1 is 1.07 bits per heavy atom. The van der Waals surface area contributed by atoms with E-state index in [1.165, 1.54) is 4.90 Å². The number of piperidine rings is 1. The van der Waals surface area contributed by atoms with Crippen LogP contribution in [0.2, 0.25) is 0 Å². The molecule has 1 heterocycles. The van der Waals surface area contributed by atoms with E-state index in [-0.39, 0.29) is 30.6 Å². The summed E-state index contributed by atoms with van der Waals surface area (Å²) in [5.74, 6) is 0.576. The first-order chi connectivity index (χ1) is 13.9. The summed E-state index contributed by atoms with van der Waals surface area (Å²) in [5, 5.41) is 3.65. The Bertz CT molecular complexity index is 689. The van der Waals surface area contributed by atoms with Crippen LogP contribution in [0, 0.1) is 17.8 Å². The number of rotatable bonds is 6. The first-order valence-electron chi connectivity index (χ1n) is 10.6. The van der Waals surface area contributed by atoms with Crippen LogP contribution in [0.4, 0.5) is 13.2 Å². The van der Waals surface area contributed by atoms with Crippen LogP contribution in [-0.2, 0) is 16.1 Å². The van der Waals surface area contributed by atoms with Gasteiger partial charge < -0.3 is 10.1 Å². The largest absolute Gasteiger partial charge is 0.461 e. The summed E-state index contributed by atoms with van der Waals surface area (Å²) in [6.45, 7) is 0.348. The van der Waals surface area contributed by atoms with Crippen LogP contribution in [0.15, 0.2) is 30.3 Å². The third kappa shape index (κ3) is 5.12. The number of esters is 1. The second-order valence-corrected chi connectivity index (χ2v) is 8.81. The van der Waals surface area contributed by atoms with Crippen molar-refractivity contribution in [3.63, 3.8) is 0 Å². The Kier molecular flexibility index (Phi) is 6.16. The number of nitrogens with zero attached hydrogens (tertiary/aromatic N) is 1. The van der Waals surface area contributed by atoms with Crippen molar-refractivity contribution >= 4 is 5.97 Å². The van der Waals surface area contributed by atoms with Gasteiger partial charge in [0.1, 0.15) is 6.61 Å². The molecule has 1 saturated heterocycles. The van der Waals surface area contributed by atoms with E-state index in [1.54, 1.807) is 0 Å². The van der Waals surface area contributed by atoms with Gasteiger partial charge in [-0.15, -0.1) is 0 Å². The van der Waals surface area contributed by atoms with Gasteiger partial charge in [0, 0.05) is 12.1 Å². The fourth-order valence-electron chi connectivity index (χ4n) is 5.48. The summed E-state index contributed by atoms with van der Waals surface area (Å²) in [6, 6.07) is 9.94. The highest BCUT2D eigenvalue weighted by Crippen LogP contribution is 2.49. The normalized spacial score (nSPS) is 30.6. The molecule has 4 atom stereocenters. The molecule has 7 heteroatoms. The molecule has 160 valence electrons. The van der Waals surface area contributed by atoms with E-state index in [4.69, 9.17) is 4.74 Å². The lowest BCUT2D eigenvalue weighted by Crippen LogP contribution is -2.52. The van der Waals surface area contributed by atoms with Gasteiger partial charge in [0.15, 0.2) is 0 Å². The highest BCUT2D eigenvalue weighted by Gasteiger charge is 2.52. The number of hydrogen-bond acceptors (Lipinski definition) is 4. The van der Waals surface area contributed by atoms with E-state index in [9.17, 15) is 18.0 Å². The third-order valence-electron chi connectivity index (χ3n) is 6.83. The molecule has 1 aromatic carbocycles. The van der Waals surface area contributed by atoms with Crippen LogP contribution < -0.4 is 5.32 Å². The van der Waals surface area contributed by atoms with Gasteiger partial charge >= 0.3 is 12.1 Å². The number of nitrogens with one attached hydrogen (secondary N) is 1. The fourth-order valence-corrected chi connectivity index (χ4v) is 5.48. The van der Waals surface area contributed by atoms with E-state index >= 15 is 0 Å². The lowest BCUT2D eigenvalue weighted by molar-refractivity contribution is -0.153. The molecule has 0 amide bonds. The van der Waals surface area contributed by atoms with Crippen molar-refractivity contribution in [3.8, 4) is 0 Å². The zero-order valence-electron chi connectivity index (χ0n) is 16.5. The molecule has 0 unspecified atom stereocenters. The molecule has 0 aromatic heterocycles. The van der Waals surface area contributed by atoms with Gasteiger partial charge in [-0.3, -0.25) is 9.69 Å². The Hall–Kier alpha value is -1.60. The molecular formula is C22H29F3N2O2. The van der Waals surface area contributed by atoms with Crippen LogP contribution in [0.25, 0.3) is 0 Å². The average Bonchev–Trinajstić information content (AvgIpc) is 3.29. The molecule has 3 fully saturated rings. The first-order valence-corrected chi connectivity index (χ1v) is 10.6. The quantitative estimate of drug-likeness (QED) is 0.725. The van der Waals surface area contributed by atoms with E-state index in [0.717, 1.165) is 24.8 Å². The number of ether oxygens (including phenoxy) is 1. The minimum Gasteiger partial charge on any atom is -0.461 e. The van der Waals surface area contributed by atoms with Gasteiger partial charge in [-0.05, 0) is 62.6 Å². The second kappa shape index (κ2) is 8.64. The summed E-state index contributed by atoms with van der Waals surface area (Å²) in [6.07, 6.45) is 0.482. The smallest absolute Gasteiger partial charge is 0.401 e. The van der Waals surface area contributed by atoms with Crippen molar-refractivity contribution in [1.29, 1.82) is 0 Å². The maximum absolute atomic E-state index is 12.9. The Labute approximate surface area is 169 Å². The molecule has 2 aliphatic carbocycles. The second-order valence-electron chi connectivity index (χ2n) is 8.81. The van der Waals surface area contributed by atoms with Gasteiger partial charge in [0.2, 0.25) is 0 Å². The Balaban J connectivity index is 1.31. The number of benzene rings is 1. The molecule has 0 spiro atoms. The molecular weight excluding hydrogens is 381 g/mol. The van der Waals surface area contributed by atoms with E-state index in [2.05, 4.69) is 5.32 Å². The van der Waals surface area contributed by atoms with Crippen LogP contribution >= 0.6 is 0 Å². The van der Waals surface area contributed by atoms with E-state index < -0.39 is 12.7 Å². The monoisotopic (exact) mass is 410 g/mol. The minimum absolute atomic E-state index is 0.0937. The van der Waals surface area contributed by atoms with Gasteiger partial charge in [0.05, 0.1) is 12.5 Å². The maximum atomic E-state index is 12.9. The zero-order chi connectivity index (χ0) is 20.4. The summed E-state index contributed by atoms with van der Waals surface area (Å²) < 4.78 is 43.4. The van der Waals surface area contributed by atoms with Crippen molar-refractivity contribution in [2.24, 2.45) is 17.8 Å². The minimum atomic E-state index is -4.14. The molecule has 0 radical (unpaired) electrons. The van der Waals surface area contributed by atoms with Gasteiger partial charge in [-0.2, -0.15) is 13.2 Å². The Morgan fingerprint density at radius 2 is 1.76 bits per heavy atom. The summed E-state index contributed by atoms with van der Waals surface area (Å²) in [5.41, 5.74) is 0.977. The van der Waals surface area contributed by atoms with Crippen LogP contribution in [0.1, 0.15) is 37.7 Å². The molecule has 4 nitrogen and oxygen atoms in total. The van der Waals surface area contributed by atoms with Gasteiger partial charge in [-0.1, -0.05) is 30.3 Å². The SMILES string of the molecule is O=C(OCc1ccccc1)[C@H]1[C@H]2CC[C@@H](C2)[C@H]1NC1CCN(CC(F)(F)F)CC1. The zero-order valence-corrected chi connectivity index (χ0v) is 16.5. The lowest BCUT2D eigenvalue weighted by Gasteiger charge is -2.38. The van der Waals surface area contributed by atoms with E-state index in [0.29, 0.717) is 37.8 Å². The number of alkyl halides is 3. The fraction of sp³-hybridized carbons (Fsp3) is 0.682. The van der Waals surface area contributed by atoms with Crippen molar-refractivity contribution in [2.45, 2.75) is 57.0 Å². The summed E-state index contributed by atoms with van der Waals surface area (Å²) >= 11 is 0. The Morgan fingerprint density at radius 3 is 2.45 bits per heavy atom. The van der Waals surface area contributed by atoms with Crippen LogP contribution in [-0.4, -0.2) is 48.8 Å². The number of fused-ring (bicyclic) bond motifs is 2. The predicted octanol–water partition coefficient (Wildman–Crippen LogP) is 3.76. The van der Waals surface area contributed by atoms with E-state index in [1.807, 2.05) is 30.3 Å². The van der Waals surface area contributed by atoms with Crippen molar-refractivity contribution in [1.82, 2.24) is 10.2 Å². The predicted molar refractivity (Wildman–Crippen MR) is 103 cm³/mol. The van der Waals surface area contributed by atoms with Gasteiger partial charge in [0.25, 0.3) is 0 Å². The molecule has 2 saturated carbocycles. The van der Waals surface area contributed by atoms with Crippen molar-refractivity contribution in [3.05, 3.63) is 35.9 Å². The standard InChI is InChI=1S/C22H29F3N2O2/c23-22(24,25)14-27-10-8-18(9-11-27)26-20-17-7-6-16(12-17)19(20)21(28)29-13-15-4-2-1-3-5-15/h1-5,16-20,26H,6-14H2/t16-,17-,19-,20+/m0/s1. The lowest BCUT2D eigenvalue weighted by atomic mass is 9.83. The van der Waals surface area contributed by atoms with Gasteiger partial charge in [-0.25, -0.2) is 0 Å². The van der Waals surface area contributed by atoms with Crippen molar-refractivity contribution in [2.75, 3.05) is 19.6 Å². The number of carbonyl (C=O) groups is 1.